The van der Waals surface area contributed by atoms with Crippen molar-refractivity contribution in [1.29, 1.82) is 0 Å². The van der Waals surface area contributed by atoms with Crippen LogP contribution >= 0.6 is 0 Å². The fraction of sp³-hybridized carbons (Fsp3) is 1.00. The third kappa shape index (κ3) is 11.8. The van der Waals surface area contributed by atoms with Crippen molar-refractivity contribution in [2.75, 3.05) is 19.8 Å². The summed E-state index contributed by atoms with van der Waals surface area (Å²) in [5.74, 6) is 0. The van der Waals surface area contributed by atoms with Crippen molar-refractivity contribution < 1.29 is 13.3 Å². The Balaban J connectivity index is 4.66. The Hall–Kier alpha value is -0.0231. The van der Waals surface area contributed by atoms with Gasteiger partial charge in [0.2, 0.25) is 0 Å². The molecule has 0 aromatic rings. The molecule has 6 nitrogen and oxygen atoms in total. The summed E-state index contributed by atoms with van der Waals surface area (Å²) in [6.07, 6.45) is 0. The van der Waals surface area contributed by atoms with E-state index in [0.717, 1.165) is 0 Å². The van der Waals surface area contributed by atoms with Gasteiger partial charge in [0.05, 0.1) is 19.8 Å². The topological polar surface area (TPSA) is 106 Å². The quantitative estimate of drug-likeness (QED) is 0.545. The lowest BCUT2D eigenvalue weighted by atomic mass is 10.1. The van der Waals surface area contributed by atoms with Crippen LogP contribution in [0.4, 0.5) is 0 Å². The van der Waals surface area contributed by atoms with Crippen LogP contribution in [0, 0.1) is 0 Å². The summed E-state index contributed by atoms with van der Waals surface area (Å²) in [6.45, 7) is 14.2. The van der Waals surface area contributed by atoms with Gasteiger partial charge in [0.1, 0.15) is 0 Å². The summed E-state index contributed by atoms with van der Waals surface area (Å²) < 4.78 is 17.5. The molecule has 0 aromatic carbocycles. The van der Waals surface area contributed by atoms with Crippen molar-refractivity contribution in [2.45, 2.75) is 64.7 Å². The van der Waals surface area contributed by atoms with E-state index in [0.29, 0.717) is 19.8 Å². The van der Waals surface area contributed by atoms with E-state index in [2.05, 4.69) is 0 Å². The summed E-state index contributed by atoms with van der Waals surface area (Å²) in [4.78, 5) is 0. The second-order valence-electron chi connectivity index (χ2n) is 7.69. The Bertz CT molecular complexity index is 247. The standard InChI is InChI=1S/C13H33N3O3Si/c1-11(2,14)8-17-20(7,18-9-12(3,4)15)19-10-13(5,6)16/h8-10,14-16H2,1-7H3. The Kier molecular flexibility index (Phi) is 6.82. The lowest BCUT2D eigenvalue weighted by molar-refractivity contribution is 0.0321. The van der Waals surface area contributed by atoms with Crippen molar-refractivity contribution in [2.24, 2.45) is 17.2 Å². The fourth-order valence-electron chi connectivity index (χ4n) is 1.08. The zero-order valence-corrected chi connectivity index (χ0v) is 15.1. The van der Waals surface area contributed by atoms with Crippen molar-refractivity contribution in [3.63, 3.8) is 0 Å². The molecule has 0 spiro atoms. The monoisotopic (exact) mass is 307 g/mol. The largest absolute Gasteiger partial charge is 0.497 e. The molecule has 0 fully saturated rings. The van der Waals surface area contributed by atoms with Crippen LogP contribution in [0.25, 0.3) is 0 Å². The second kappa shape index (κ2) is 6.82. The summed E-state index contributed by atoms with van der Waals surface area (Å²) >= 11 is 0. The normalized spacial score (nSPS) is 14.7. The molecule has 0 bridgehead atoms. The van der Waals surface area contributed by atoms with Gasteiger partial charge in [-0.05, 0) is 41.5 Å². The molecule has 0 atom stereocenters. The van der Waals surface area contributed by atoms with Crippen molar-refractivity contribution in [3.8, 4) is 0 Å². The number of rotatable bonds is 9. The second-order valence-corrected chi connectivity index (χ2v) is 10.3. The van der Waals surface area contributed by atoms with Crippen LogP contribution in [-0.2, 0) is 13.3 Å². The molecule has 6 N–H and O–H groups in total. The minimum Gasteiger partial charge on any atom is -0.372 e. The van der Waals surface area contributed by atoms with Gasteiger partial charge in [-0.2, -0.15) is 0 Å². The molecule has 0 aromatic heterocycles. The summed E-state index contributed by atoms with van der Waals surface area (Å²) in [5, 5.41) is 0. The highest BCUT2D eigenvalue weighted by molar-refractivity contribution is 6.59. The number of hydrogen-bond acceptors (Lipinski definition) is 6. The van der Waals surface area contributed by atoms with Crippen LogP contribution in [0.5, 0.6) is 0 Å². The third-order valence-corrected chi connectivity index (χ3v) is 4.13. The molecule has 0 amide bonds. The van der Waals surface area contributed by atoms with E-state index in [1.54, 1.807) is 0 Å². The number of hydrogen-bond donors (Lipinski definition) is 3. The molecule has 0 saturated heterocycles. The molecule has 20 heavy (non-hydrogen) atoms. The first-order valence-corrected chi connectivity index (χ1v) is 9.13. The maximum absolute atomic E-state index is 5.94. The molecular formula is C13H33N3O3Si. The van der Waals surface area contributed by atoms with Crippen LogP contribution in [-0.4, -0.2) is 45.2 Å². The molecule has 122 valence electrons. The van der Waals surface area contributed by atoms with Gasteiger partial charge in [-0.1, -0.05) is 0 Å². The van der Waals surface area contributed by atoms with Gasteiger partial charge in [0, 0.05) is 23.2 Å². The lowest BCUT2D eigenvalue weighted by Gasteiger charge is -2.34. The van der Waals surface area contributed by atoms with Crippen molar-refractivity contribution in [1.82, 2.24) is 0 Å². The van der Waals surface area contributed by atoms with E-state index in [9.17, 15) is 0 Å². The summed E-state index contributed by atoms with van der Waals surface area (Å²) in [6, 6.07) is 0. The van der Waals surface area contributed by atoms with Crippen LogP contribution in [0.2, 0.25) is 6.55 Å². The molecule has 0 aliphatic heterocycles. The first kappa shape index (κ1) is 20.0. The van der Waals surface area contributed by atoms with Gasteiger partial charge in [-0.3, -0.25) is 0 Å². The molecule has 0 rings (SSSR count). The van der Waals surface area contributed by atoms with E-state index in [1.807, 2.05) is 48.1 Å². The number of nitrogens with two attached hydrogens (primary N) is 3. The van der Waals surface area contributed by atoms with E-state index in [4.69, 9.17) is 30.5 Å². The highest BCUT2D eigenvalue weighted by Crippen LogP contribution is 2.16. The zero-order valence-electron chi connectivity index (χ0n) is 14.1. The molecule has 0 saturated carbocycles. The van der Waals surface area contributed by atoms with Gasteiger partial charge in [0.25, 0.3) is 0 Å². The maximum Gasteiger partial charge on any atom is 0.497 e. The van der Waals surface area contributed by atoms with Crippen molar-refractivity contribution in [3.05, 3.63) is 0 Å². The van der Waals surface area contributed by atoms with Gasteiger partial charge in [0.15, 0.2) is 0 Å². The average molecular weight is 308 g/mol. The SMILES string of the molecule is CC(C)(N)CO[Si](C)(OCC(C)(C)N)OCC(C)(C)N. The molecule has 0 unspecified atom stereocenters. The third-order valence-electron chi connectivity index (χ3n) is 2.12. The first-order valence-electron chi connectivity index (χ1n) is 6.91. The van der Waals surface area contributed by atoms with Crippen LogP contribution in [0.1, 0.15) is 41.5 Å². The minimum atomic E-state index is -2.82. The van der Waals surface area contributed by atoms with Gasteiger partial charge < -0.3 is 30.5 Å². The smallest absolute Gasteiger partial charge is 0.372 e. The Morgan fingerprint density at radius 3 is 1.00 bits per heavy atom. The van der Waals surface area contributed by atoms with Gasteiger partial charge in [-0.25, -0.2) is 0 Å². The first-order chi connectivity index (χ1) is 8.62. The summed E-state index contributed by atoms with van der Waals surface area (Å²) in [7, 11) is -2.82. The predicted octanol–water partition coefficient (Wildman–Crippen LogP) is 0.817. The molecule has 0 aliphatic carbocycles. The average Bonchev–Trinajstić information content (AvgIpc) is 2.18. The van der Waals surface area contributed by atoms with E-state index in [-0.39, 0.29) is 0 Å². The van der Waals surface area contributed by atoms with Crippen molar-refractivity contribution >= 4 is 8.80 Å². The van der Waals surface area contributed by atoms with Gasteiger partial charge >= 0.3 is 8.80 Å². The van der Waals surface area contributed by atoms with E-state index >= 15 is 0 Å². The van der Waals surface area contributed by atoms with E-state index < -0.39 is 25.4 Å². The Labute approximate surface area is 124 Å². The lowest BCUT2D eigenvalue weighted by Crippen LogP contribution is -2.54. The molecule has 7 heteroatoms. The molecular weight excluding hydrogens is 274 g/mol. The van der Waals surface area contributed by atoms with Gasteiger partial charge in [-0.15, -0.1) is 0 Å². The Morgan fingerprint density at radius 1 is 0.650 bits per heavy atom. The molecule has 0 aliphatic rings. The molecule has 0 heterocycles. The van der Waals surface area contributed by atoms with Crippen LogP contribution < -0.4 is 17.2 Å². The zero-order chi connectivity index (χ0) is 16.2. The van der Waals surface area contributed by atoms with E-state index in [1.165, 1.54) is 0 Å². The Morgan fingerprint density at radius 2 is 0.850 bits per heavy atom. The molecule has 0 radical (unpaired) electrons. The maximum atomic E-state index is 5.94. The van der Waals surface area contributed by atoms with Crippen LogP contribution in [0.3, 0.4) is 0 Å². The highest BCUT2D eigenvalue weighted by Gasteiger charge is 2.39. The highest BCUT2D eigenvalue weighted by atomic mass is 28.4. The fourth-order valence-corrected chi connectivity index (χ4v) is 3.23. The van der Waals surface area contributed by atoms with Crippen LogP contribution in [0.15, 0.2) is 0 Å². The predicted molar refractivity (Wildman–Crippen MR) is 84.3 cm³/mol. The minimum absolute atomic E-state index is 0.353. The summed E-state index contributed by atoms with van der Waals surface area (Å²) in [5.41, 5.74) is 16.5.